The number of rotatable bonds is 5. The molecule has 0 saturated heterocycles. The molecule has 2 N–H and O–H groups in total. The maximum atomic E-state index is 5.57. The van der Waals surface area contributed by atoms with Crippen LogP contribution in [0.3, 0.4) is 0 Å². The summed E-state index contributed by atoms with van der Waals surface area (Å²) in [5.41, 5.74) is 0.866. The van der Waals surface area contributed by atoms with Crippen LogP contribution in [0.5, 0.6) is 11.5 Å². The van der Waals surface area contributed by atoms with E-state index in [1.165, 1.54) is 0 Å². The number of fused-ring (bicyclic) bond motifs is 1. The van der Waals surface area contributed by atoms with Gasteiger partial charge in [-0.25, -0.2) is 4.98 Å². The van der Waals surface area contributed by atoms with Gasteiger partial charge >= 0.3 is 0 Å². The van der Waals surface area contributed by atoms with Gasteiger partial charge in [-0.15, -0.1) is 0 Å². The van der Waals surface area contributed by atoms with E-state index in [0.29, 0.717) is 25.2 Å². The van der Waals surface area contributed by atoms with E-state index in [1.807, 2.05) is 24.3 Å². The summed E-state index contributed by atoms with van der Waals surface area (Å²) >= 11 is 0. The smallest absolute Gasteiger partial charge is 0.229 e. The maximum Gasteiger partial charge on any atom is 0.229 e. The van der Waals surface area contributed by atoms with Crippen LogP contribution in [0.4, 0.5) is 17.5 Å². The molecule has 0 spiro atoms. The van der Waals surface area contributed by atoms with Crippen LogP contribution in [0.2, 0.25) is 0 Å². The quantitative estimate of drug-likeness (QED) is 0.884. The summed E-state index contributed by atoms with van der Waals surface area (Å²) in [6.07, 6.45) is 2.77. The number of hydrogen-bond acceptors (Lipinski definition) is 6. The predicted octanol–water partition coefficient (Wildman–Crippen LogP) is 3.20. The number of hydrogen-bond donors (Lipinski definition) is 2. The third-order valence-corrected chi connectivity index (χ3v) is 3.46. The van der Waals surface area contributed by atoms with E-state index in [0.717, 1.165) is 29.4 Å². The van der Waals surface area contributed by atoms with Crippen LogP contribution in [0.15, 0.2) is 30.5 Å². The van der Waals surface area contributed by atoms with Gasteiger partial charge in [0.05, 0.1) is 0 Å². The van der Waals surface area contributed by atoms with Gasteiger partial charge in [-0.3, -0.25) is 0 Å². The summed E-state index contributed by atoms with van der Waals surface area (Å²) in [5.74, 6) is 2.87. The van der Waals surface area contributed by atoms with Gasteiger partial charge in [0.15, 0.2) is 11.5 Å². The molecule has 1 aromatic heterocycles. The molecule has 1 unspecified atom stereocenters. The lowest BCUT2D eigenvalue weighted by Crippen LogP contribution is -2.15. The zero-order valence-electron chi connectivity index (χ0n) is 12.8. The van der Waals surface area contributed by atoms with Gasteiger partial charge < -0.3 is 20.1 Å². The number of nitrogens with one attached hydrogen (secondary N) is 2. The highest BCUT2D eigenvalue weighted by Crippen LogP contribution is 2.33. The van der Waals surface area contributed by atoms with Crippen molar-refractivity contribution in [2.75, 3.05) is 23.8 Å². The lowest BCUT2D eigenvalue weighted by atomic mass is 10.2. The van der Waals surface area contributed by atoms with Crippen LogP contribution in [0.1, 0.15) is 20.3 Å². The van der Waals surface area contributed by atoms with E-state index in [-0.39, 0.29) is 0 Å². The van der Waals surface area contributed by atoms with E-state index >= 15 is 0 Å². The zero-order valence-corrected chi connectivity index (χ0v) is 12.8. The molecule has 6 heteroatoms. The number of anilines is 3. The second kappa shape index (κ2) is 6.51. The molecule has 0 bridgehead atoms. The molecule has 1 aromatic carbocycles. The number of benzene rings is 1. The van der Waals surface area contributed by atoms with Gasteiger partial charge in [-0.1, -0.05) is 6.92 Å². The van der Waals surface area contributed by atoms with Gasteiger partial charge in [0.1, 0.15) is 19.0 Å². The van der Waals surface area contributed by atoms with Crippen molar-refractivity contribution < 1.29 is 9.47 Å². The van der Waals surface area contributed by atoms with E-state index in [9.17, 15) is 0 Å². The first-order valence-electron chi connectivity index (χ1n) is 7.51. The van der Waals surface area contributed by atoms with E-state index in [4.69, 9.17) is 9.47 Å². The second-order valence-corrected chi connectivity index (χ2v) is 5.20. The molecule has 116 valence electrons. The Labute approximate surface area is 129 Å². The van der Waals surface area contributed by atoms with Crippen molar-refractivity contribution in [3.05, 3.63) is 30.5 Å². The first-order chi connectivity index (χ1) is 10.7. The Hall–Kier alpha value is -2.50. The molecule has 2 heterocycles. The van der Waals surface area contributed by atoms with Gasteiger partial charge in [-0.05, 0) is 31.5 Å². The molecule has 1 aliphatic heterocycles. The summed E-state index contributed by atoms with van der Waals surface area (Å²) < 4.78 is 11.1. The SMILES string of the molecule is CCC(C)Nc1ccnc(Nc2ccc3c(c2)OCCO3)n1. The summed E-state index contributed by atoms with van der Waals surface area (Å²) in [6, 6.07) is 7.94. The summed E-state index contributed by atoms with van der Waals surface area (Å²) in [5, 5.41) is 6.52. The molecule has 1 aliphatic rings. The molecule has 0 fully saturated rings. The molecular weight excluding hydrogens is 280 g/mol. The van der Waals surface area contributed by atoms with Crippen molar-refractivity contribution in [3.8, 4) is 11.5 Å². The molecule has 1 atom stereocenters. The molecule has 0 saturated carbocycles. The van der Waals surface area contributed by atoms with E-state index in [2.05, 4.69) is 34.4 Å². The zero-order chi connectivity index (χ0) is 15.4. The molecule has 3 rings (SSSR count). The molecular formula is C16H20N4O2. The number of nitrogens with zero attached hydrogens (tertiary/aromatic N) is 2. The lowest BCUT2D eigenvalue weighted by Gasteiger charge is -2.19. The highest BCUT2D eigenvalue weighted by molar-refractivity contribution is 5.60. The predicted molar refractivity (Wildman–Crippen MR) is 86.1 cm³/mol. The minimum Gasteiger partial charge on any atom is -0.486 e. The highest BCUT2D eigenvalue weighted by atomic mass is 16.6. The topological polar surface area (TPSA) is 68.3 Å². The van der Waals surface area contributed by atoms with Crippen molar-refractivity contribution in [1.82, 2.24) is 9.97 Å². The van der Waals surface area contributed by atoms with Crippen LogP contribution in [0, 0.1) is 0 Å². The first-order valence-corrected chi connectivity index (χ1v) is 7.51. The monoisotopic (exact) mass is 300 g/mol. The van der Waals surface area contributed by atoms with Crippen LogP contribution in [-0.2, 0) is 0 Å². The molecule has 0 amide bonds. The van der Waals surface area contributed by atoms with Crippen molar-refractivity contribution in [3.63, 3.8) is 0 Å². The fraction of sp³-hybridized carbons (Fsp3) is 0.375. The fourth-order valence-corrected chi connectivity index (χ4v) is 2.10. The maximum absolute atomic E-state index is 5.57. The Balaban J connectivity index is 1.74. The molecule has 22 heavy (non-hydrogen) atoms. The van der Waals surface area contributed by atoms with Crippen LogP contribution in [-0.4, -0.2) is 29.2 Å². The van der Waals surface area contributed by atoms with Gasteiger partial charge in [-0.2, -0.15) is 4.98 Å². The normalized spacial score (nSPS) is 14.3. The van der Waals surface area contributed by atoms with Crippen molar-refractivity contribution in [2.45, 2.75) is 26.3 Å². The highest BCUT2D eigenvalue weighted by Gasteiger charge is 2.12. The summed E-state index contributed by atoms with van der Waals surface area (Å²) in [4.78, 5) is 8.71. The van der Waals surface area contributed by atoms with Crippen LogP contribution < -0.4 is 20.1 Å². The van der Waals surface area contributed by atoms with Crippen molar-refractivity contribution in [1.29, 1.82) is 0 Å². The second-order valence-electron chi connectivity index (χ2n) is 5.20. The standard InChI is InChI=1S/C16H20N4O2/c1-3-11(2)18-15-6-7-17-16(20-15)19-12-4-5-13-14(10-12)22-9-8-21-13/h4-7,10-11H,3,8-9H2,1-2H3,(H2,17,18,19,20). The Bertz CT molecular complexity index is 648. The fourth-order valence-electron chi connectivity index (χ4n) is 2.10. The lowest BCUT2D eigenvalue weighted by molar-refractivity contribution is 0.171. The average Bonchev–Trinajstić information content (AvgIpc) is 2.55. The van der Waals surface area contributed by atoms with Crippen LogP contribution in [0.25, 0.3) is 0 Å². The minimum atomic E-state index is 0.372. The molecule has 6 nitrogen and oxygen atoms in total. The Morgan fingerprint density at radius 3 is 2.82 bits per heavy atom. The van der Waals surface area contributed by atoms with Gasteiger partial charge in [0.2, 0.25) is 5.95 Å². The Kier molecular flexibility index (Phi) is 4.27. The molecule has 0 radical (unpaired) electrons. The summed E-state index contributed by atoms with van der Waals surface area (Å²) in [7, 11) is 0. The van der Waals surface area contributed by atoms with Crippen molar-refractivity contribution >= 4 is 17.5 Å². The largest absolute Gasteiger partial charge is 0.486 e. The van der Waals surface area contributed by atoms with Gasteiger partial charge in [0.25, 0.3) is 0 Å². The Morgan fingerprint density at radius 2 is 2.00 bits per heavy atom. The summed E-state index contributed by atoms with van der Waals surface area (Å²) in [6.45, 7) is 5.41. The van der Waals surface area contributed by atoms with E-state index < -0.39 is 0 Å². The van der Waals surface area contributed by atoms with Gasteiger partial charge in [0, 0.05) is 24.0 Å². The third kappa shape index (κ3) is 3.39. The molecule has 2 aromatic rings. The van der Waals surface area contributed by atoms with E-state index in [1.54, 1.807) is 6.20 Å². The third-order valence-electron chi connectivity index (χ3n) is 3.46. The minimum absolute atomic E-state index is 0.372. The number of aromatic nitrogens is 2. The van der Waals surface area contributed by atoms with Crippen LogP contribution >= 0.6 is 0 Å². The Morgan fingerprint density at radius 1 is 1.18 bits per heavy atom. The van der Waals surface area contributed by atoms with Crippen molar-refractivity contribution in [2.24, 2.45) is 0 Å². The first kappa shape index (κ1) is 14.4. The number of ether oxygens (including phenoxy) is 2. The average molecular weight is 300 g/mol. The molecule has 0 aliphatic carbocycles.